The number of methoxy groups -OCH3 is 4. The van der Waals surface area contributed by atoms with E-state index in [9.17, 15) is 40.2 Å². The molecule has 0 aromatic heterocycles. The van der Waals surface area contributed by atoms with Crippen LogP contribution in [0.3, 0.4) is 0 Å². The normalized spacial score (nSPS) is 12.6. The van der Waals surface area contributed by atoms with Crippen LogP contribution in [0.25, 0.3) is 24.3 Å². The molecular formula is C42H38O12. The van der Waals surface area contributed by atoms with Gasteiger partial charge >= 0.3 is 0 Å². The molecule has 0 bridgehead atoms. The number of phenols is 4. The van der Waals surface area contributed by atoms with Gasteiger partial charge in [-0.2, -0.15) is 0 Å². The van der Waals surface area contributed by atoms with Crippen LogP contribution >= 0.6 is 0 Å². The van der Waals surface area contributed by atoms with Crippen LogP contribution in [0.2, 0.25) is 0 Å². The second kappa shape index (κ2) is 18.2. The van der Waals surface area contributed by atoms with Gasteiger partial charge in [0.25, 0.3) is 0 Å². The SMILES string of the molecule is COc1cc(/C=C(C(\O)=C\C(=O)/C=C/c2ccc(O)c(OC)c2)/C(=C\c2ccc(O)c(OC)c2)C(/O)=C/C(=O)/C=C/c2ccc(O)c(OC)c2)ccc1O. The van der Waals surface area contributed by atoms with E-state index >= 15 is 0 Å². The lowest BCUT2D eigenvalue weighted by molar-refractivity contribution is -0.111. The van der Waals surface area contributed by atoms with Gasteiger partial charge in [-0.15, -0.1) is 0 Å². The molecular weight excluding hydrogens is 696 g/mol. The van der Waals surface area contributed by atoms with Crippen LogP contribution < -0.4 is 18.9 Å². The van der Waals surface area contributed by atoms with E-state index in [4.69, 9.17) is 18.9 Å². The van der Waals surface area contributed by atoms with Crippen molar-refractivity contribution in [3.8, 4) is 46.0 Å². The van der Waals surface area contributed by atoms with Crippen molar-refractivity contribution in [2.24, 2.45) is 0 Å². The van der Waals surface area contributed by atoms with Gasteiger partial charge in [0.05, 0.1) is 28.4 Å². The molecule has 12 nitrogen and oxygen atoms in total. The second-order valence-electron chi connectivity index (χ2n) is 11.4. The molecule has 4 rings (SSSR count). The number of hydrogen-bond acceptors (Lipinski definition) is 12. The van der Waals surface area contributed by atoms with E-state index in [1.165, 1.54) is 126 Å². The van der Waals surface area contributed by atoms with Gasteiger partial charge in [0.1, 0.15) is 11.5 Å². The maximum atomic E-state index is 13.2. The number of rotatable bonds is 15. The molecule has 0 amide bonds. The van der Waals surface area contributed by atoms with Crippen LogP contribution in [0.15, 0.2) is 120 Å². The third kappa shape index (κ3) is 10.4. The van der Waals surface area contributed by atoms with Crippen molar-refractivity contribution in [3.63, 3.8) is 0 Å². The first-order valence-corrected chi connectivity index (χ1v) is 16.0. The Kier molecular flexibility index (Phi) is 13.3. The number of aliphatic hydroxyl groups is 2. The molecule has 0 heterocycles. The summed E-state index contributed by atoms with van der Waals surface area (Å²) in [6.07, 6.45) is 9.80. The lowest BCUT2D eigenvalue weighted by atomic mass is 9.95. The Labute approximate surface area is 311 Å². The zero-order valence-corrected chi connectivity index (χ0v) is 29.7. The molecule has 0 aliphatic heterocycles. The first kappa shape index (κ1) is 39.4. The van der Waals surface area contributed by atoms with Gasteiger partial charge in [-0.1, -0.05) is 36.4 Å². The van der Waals surface area contributed by atoms with Crippen molar-refractivity contribution in [2.45, 2.75) is 0 Å². The Morgan fingerprint density at radius 2 is 0.741 bits per heavy atom. The van der Waals surface area contributed by atoms with Crippen LogP contribution in [0, 0.1) is 0 Å². The summed E-state index contributed by atoms with van der Waals surface area (Å²) in [5.41, 5.74) is 1.45. The molecule has 0 spiro atoms. The number of phenolic OH excluding ortho intramolecular Hbond substituents is 4. The first-order chi connectivity index (χ1) is 25.8. The summed E-state index contributed by atoms with van der Waals surface area (Å²) in [7, 11) is 5.46. The van der Waals surface area contributed by atoms with E-state index in [1.807, 2.05) is 0 Å². The van der Waals surface area contributed by atoms with Crippen molar-refractivity contribution in [2.75, 3.05) is 28.4 Å². The molecule has 0 atom stereocenters. The van der Waals surface area contributed by atoms with E-state index in [1.54, 1.807) is 12.1 Å². The van der Waals surface area contributed by atoms with Gasteiger partial charge in [-0.25, -0.2) is 0 Å². The number of carbonyl (C=O) groups excluding carboxylic acids is 2. The van der Waals surface area contributed by atoms with Gasteiger partial charge in [-0.3, -0.25) is 9.59 Å². The molecule has 12 heteroatoms. The van der Waals surface area contributed by atoms with Crippen LogP contribution in [0.5, 0.6) is 46.0 Å². The van der Waals surface area contributed by atoms with Crippen LogP contribution in [-0.4, -0.2) is 70.6 Å². The fourth-order valence-electron chi connectivity index (χ4n) is 4.95. The summed E-state index contributed by atoms with van der Waals surface area (Å²) < 4.78 is 20.7. The first-order valence-electron chi connectivity index (χ1n) is 16.0. The number of aliphatic hydroxyl groups excluding tert-OH is 2. The largest absolute Gasteiger partial charge is 0.507 e. The summed E-state index contributed by atoms with van der Waals surface area (Å²) in [5, 5.41) is 63.3. The fourth-order valence-corrected chi connectivity index (χ4v) is 4.95. The van der Waals surface area contributed by atoms with Gasteiger partial charge in [-0.05, 0) is 95.1 Å². The second-order valence-corrected chi connectivity index (χ2v) is 11.4. The quantitative estimate of drug-likeness (QED) is 0.0402. The number of allylic oxidation sites excluding steroid dienone is 6. The highest BCUT2D eigenvalue weighted by molar-refractivity contribution is 6.04. The van der Waals surface area contributed by atoms with Crippen molar-refractivity contribution < 1.29 is 59.2 Å². The molecule has 6 N–H and O–H groups in total. The number of benzene rings is 4. The van der Waals surface area contributed by atoms with E-state index < -0.39 is 23.1 Å². The van der Waals surface area contributed by atoms with E-state index in [0.717, 1.165) is 12.2 Å². The molecule has 278 valence electrons. The van der Waals surface area contributed by atoms with Gasteiger partial charge in [0.2, 0.25) is 0 Å². The average Bonchev–Trinajstić information content (AvgIpc) is 3.16. The maximum absolute atomic E-state index is 13.2. The molecule has 4 aromatic rings. The maximum Gasteiger partial charge on any atom is 0.182 e. The monoisotopic (exact) mass is 734 g/mol. The van der Waals surface area contributed by atoms with Crippen molar-refractivity contribution in [3.05, 3.63) is 142 Å². The molecule has 0 aliphatic rings. The molecule has 4 aromatic carbocycles. The molecule has 0 radical (unpaired) electrons. The minimum absolute atomic E-state index is 0.0906. The Hall–Kier alpha value is -7.34. The average molecular weight is 735 g/mol. The summed E-state index contributed by atoms with van der Waals surface area (Å²) in [4.78, 5) is 26.3. The number of carbonyl (C=O) groups is 2. The lowest BCUT2D eigenvalue weighted by Crippen LogP contribution is -2.03. The number of ketones is 2. The predicted molar refractivity (Wildman–Crippen MR) is 204 cm³/mol. The van der Waals surface area contributed by atoms with Gasteiger partial charge in [0, 0.05) is 23.3 Å². The predicted octanol–water partition coefficient (Wildman–Crippen LogP) is 7.46. The molecule has 0 aliphatic carbocycles. The highest BCUT2D eigenvalue weighted by Crippen LogP contribution is 2.34. The highest BCUT2D eigenvalue weighted by atomic mass is 16.5. The van der Waals surface area contributed by atoms with Crippen LogP contribution in [0.1, 0.15) is 22.3 Å². The van der Waals surface area contributed by atoms with Crippen molar-refractivity contribution in [1.29, 1.82) is 0 Å². The molecule has 0 saturated heterocycles. The summed E-state index contributed by atoms with van der Waals surface area (Å²) in [6, 6.07) is 17.5. The van der Waals surface area contributed by atoms with Crippen molar-refractivity contribution in [1.82, 2.24) is 0 Å². The van der Waals surface area contributed by atoms with Gasteiger partial charge in [0.15, 0.2) is 57.6 Å². The number of hydrogen-bond donors (Lipinski definition) is 6. The van der Waals surface area contributed by atoms with Crippen molar-refractivity contribution >= 4 is 35.9 Å². The summed E-state index contributed by atoms with van der Waals surface area (Å²) in [5.74, 6) is -2.56. The minimum atomic E-state index is -0.675. The van der Waals surface area contributed by atoms with Gasteiger partial charge < -0.3 is 49.6 Å². The Balaban J connectivity index is 1.87. The number of ether oxygens (including phenoxy) is 4. The van der Waals surface area contributed by atoms with Crippen LogP contribution in [0.4, 0.5) is 0 Å². The molecule has 54 heavy (non-hydrogen) atoms. The Morgan fingerprint density at radius 3 is 1.04 bits per heavy atom. The zero-order chi connectivity index (χ0) is 39.4. The third-order valence-electron chi connectivity index (χ3n) is 7.72. The summed E-state index contributed by atoms with van der Waals surface area (Å²) >= 11 is 0. The molecule has 0 fully saturated rings. The number of aromatic hydroxyl groups is 4. The lowest BCUT2D eigenvalue weighted by Gasteiger charge is -2.14. The standard InChI is InChI=1S/C42H38O12/c1-51-39-19-25(7-13-33(39)45)5-11-29(43)23-37(49)31(17-27-9-15-35(47)41(21-27)53-3)32(18-28-10-16-36(48)42(22-28)54-4)38(50)24-30(44)12-6-26-8-14-34(46)40(20-26)52-2/h5-24,45-50H,1-4H3/b11-5+,12-6+,31-17-,32-18+,37-23-,38-24-. The van der Waals surface area contributed by atoms with E-state index in [-0.39, 0.29) is 57.1 Å². The zero-order valence-electron chi connectivity index (χ0n) is 29.7. The minimum Gasteiger partial charge on any atom is -0.507 e. The van der Waals surface area contributed by atoms with E-state index in [2.05, 4.69) is 0 Å². The molecule has 0 unspecified atom stereocenters. The molecule has 0 saturated carbocycles. The van der Waals surface area contributed by atoms with E-state index in [0.29, 0.717) is 22.3 Å². The van der Waals surface area contributed by atoms with Crippen LogP contribution in [-0.2, 0) is 9.59 Å². The Morgan fingerprint density at radius 1 is 0.463 bits per heavy atom. The summed E-state index contributed by atoms with van der Waals surface area (Å²) in [6.45, 7) is 0. The highest BCUT2D eigenvalue weighted by Gasteiger charge is 2.18. The fraction of sp³-hybridized carbons (Fsp3) is 0.0952. The topological polar surface area (TPSA) is 192 Å². The smallest absolute Gasteiger partial charge is 0.182 e. The Bertz CT molecular complexity index is 2060. The third-order valence-corrected chi connectivity index (χ3v) is 7.72.